The number of hydrogen-bond donors (Lipinski definition) is 0. The number of para-hydroxylation sites is 1. The van der Waals surface area contributed by atoms with Gasteiger partial charge in [0.15, 0.2) is 0 Å². The highest BCUT2D eigenvalue weighted by Crippen LogP contribution is 2.57. The third-order valence-corrected chi connectivity index (χ3v) is 8.43. The third kappa shape index (κ3) is 3.90. The van der Waals surface area contributed by atoms with E-state index in [2.05, 4.69) is 4.90 Å². The average molecular weight is 498 g/mol. The van der Waals surface area contributed by atoms with Crippen LogP contribution in [-0.4, -0.2) is 54.3 Å². The Morgan fingerprint density at radius 3 is 2.49 bits per heavy atom. The van der Waals surface area contributed by atoms with Crippen molar-refractivity contribution in [2.24, 2.45) is 5.92 Å². The summed E-state index contributed by atoms with van der Waals surface area (Å²) in [6.45, 7) is 5.70. The Hall–Kier alpha value is -2.91. The first-order valence-electron chi connectivity index (χ1n) is 11.9. The predicted molar refractivity (Wildman–Crippen MR) is 132 cm³/mol. The van der Waals surface area contributed by atoms with Crippen LogP contribution in [-0.2, 0) is 24.0 Å². The summed E-state index contributed by atoms with van der Waals surface area (Å²) < 4.78 is 18.8. The van der Waals surface area contributed by atoms with Crippen molar-refractivity contribution in [3.63, 3.8) is 0 Å². The number of fused-ring (bicyclic) bond motifs is 2. The summed E-state index contributed by atoms with van der Waals surface area (Å²) in [4.78, 5) is 43.9. The highest BCUT2D eigenvalue weighted by atomic mass is 32.2. The second-order valence-corrected chi connectivity index (χ2v) is 10.6. The molecule has 2 saturated heterocycles. The van der Waals surface area contributed by atoms with Crippen molar-refractivity contribution in [2.45, 2.75) is 36.8 Å². The van der Waals surface area contributed by atoms with Gasteiger partial charge in [0.2, 0.25) is 10.8 Å². The molecule has 184 valence electrons. The van der Waals surface area contributed by atoms with Crippen LogP contribution in [0.15, 0.2) is 48.5 Å². The zero-order valence-corrected chi connectivity index (χ0v) is 20.6. The number of thioether (sulfide) groups is 1. The molecule has 2 fully saturated rings. The molecule has 0 unspecified atom stereocenters. The van der Waals surface area contributed by atoms with Gasteiger partial charge < -0.3 is 4.74 Å². The standard InChI is InChI=1S/C26H28FN3O4S/c1-3-34-24(32)18-12-14-28(15-13-18)16-29-22-7-5-4-6-21(22)26(25(29)33)30(23(31)17(2)35-26)20-10-8-19(27)9-11-20/h4-11,17-18H,3,12-16H2,1-2H3/t17-,26+/m1/s1. The van der Waals surface area contributed by atoms with Gasteiger partial charge in [0, 0.05) is 24.3 Å². The van der Waals surface area contributed by atoms with E-state index >= 15 is 0 Å². The van der Waals surface area contributed by atoms with Crippen LogP contribution in [0.1, 0.15) is 32.3 Å². The van der Waals surface area contributed by atoms with E-state index in [9.17, 15) is 18.8 Å². The van der Waals surface area contributed by atoms with Gasteiger partial charge in [-0.15, -0.1) is 11.8 Å². The molecule has 3 aliphatic heterocycles. The molecule has 0 bridgehead atoms. The second-order valence-electron chi connectivity index (χ2n) is 9.09. The normalized spacial score (nSPS) is 24.9. The molecule has 2 aromatic carbocycles. The Kier molecular flexibility index (Phi) is 6.31. The number of amides is 2. The van der Waals surface area contributed by atoms with Crippen LogP contribution >= 0.6 is 11.8 Å². The van der Waals surface area contributed by atoms with Crippen molar-refractivity contribution in [3.8, 4) is 0 Å². The zero-order valence-electron chi connectivity index (χ0n) is 19.8. The summed E-state index contributed by atoms with van der Waals surface area (Å²) in [5.74, 6) is -1.03. The molecule has 1 spiro atoms. The highest BCUT2D eigenvalue weighted by molar-refractivity contribution is 8.03. The van der Waals surface area contributed by atoms with Gasteiger partial charge >= 0.3 is 5.97 Å². The van der Waals surface area contributed by atoms with Crippen LogP contribution in [0.4, 0.5) is 15.8 Å². The van der Waals surface area contributed by atoms with Gasteiger partial charge in [-0.05, 0) is 57.0 Å². The maximum Gasteiger partial charge on any atom is 0.309 e. The van der Waals surface area contributed by atoms with Crippen LogP contribution in [0.5, 0.6) is 0 Å². The topological polar surface area (TPSA) is 70.2 Å². The number of halogens is 1. The summed E-state index contributed by atoms with van der Waals surface area (Å²) in [6, 6.07) is 13.3. The number of hydrogen-bond acceptors (Lipinski definition) is 6. The van der Waals surface area contributed by atoms with Crippen LogP contribution in [0.2, 0.25) is 0 Å². The number of rotatable bonds is 5. The molecule has 0 aromatic heterocycles. The lowest BCUT2D eigenvalue weighted by atomic mass is 9.97. The number of nitrogens with zero attached hydrogens (tertiary/aromatic N) is 3. The molecule has 2 atom stereocenters. The molecule has 2 aromatic rings. The van der Waals surface area contributed by atoms with E-state index in [1.165, 1.54) is 28.8 Å². The van der Waals surface area contributed by atoms with E-state index in [1.54, 1.807) is 30.9 Å². The SMILES string of the molecule is CCOC(=O)C1CCN(CN2C(=O)[C@@]3(S[C@H](C)C(=O)N3c3ccc(F)cc3)c3ccccc32)CC1. The highest BCUT2D eigenvalue weighted by Gasteiger charge is 2.63. The first-order chi connectivity index (χ1) is 16.9. The first-order valence-corrected chi connectivity index (χ1v) is 12.8. The number of benzene rings is 2. The maximum absolute atomic E-state index is 14.2. The molecule has 2 amide bonds. The van der Waals surface area contributed by atoms with Gasteiger partial charge in [0.25, 0.3) is 5.91 Å². The number of likely N-dealkylation sites (tertiary alicyclic amines) is 1. The summed E-state index contributed by atoms with van der Waals surface area (Å²) >= 11 is 1.33. The molecule has 0 radical (unpaired) electrons. The molecule has 35 heavy (non-hydrogen) atoms. The lowest BCUT2D eigenvalue weighted by Gasteiger charge is -2.36. The van der Waals surface area contributed by atoms with E-state index in [1.807, 2.05) is 24.3 Å². The van der Waals surface area contributed by atoms with Crippen LogP contribution < -0.4 is 9.80 Å². The Morgan fingerprint density at radius 1 is 1.11 bits per heavy atom. The zero-order chi connectivity index (χ0) is 24.7. The summed E-state index contributed by atoms with van der Waals surface area (Å²) in [6.07, 6.45) is 1.36. The van der Waals surface area contributed by atoms with Crippen LogP contribution in [0.25, 0.3) is 0 Å². The Morgan fingerprint density at radius 2 is 1.80 bits per heavy atom. The molecule has 3 heterocycles. The van der Waals surface area contributed by atoms with E-state index in [0.29, 0.717) is 44.9 Å². The minimum absolute atomic E-state index is 0.114. The Balaban J connectivity index is 1.45. The summed E-state index contributed by atoms with van der Waals surface area (Å²) in [5, 5.41) is -0.433. The predicted octanol–water partition coefficient (Wildman–Crippen LogP) is 3.73. The summed E-state index contributed by atoms with van der Waals surface area (Å²) in [7, 11) is 0. The largest absolute Gasteiger partial charge is 0.466 e. The number of esters is 1. The summed E-state index contributed by atoms with van der Waals surface area (Å²) in [5.41, 5.74) is 2.03. The molecule has 0 N–H and O–H groups in total. The van der Waals surface area contributed by atoms with Gasteiger partial charge in [-0.25, -0.2) is 4.39 Å². The van der Waals surface area contributed by atoms with E-state index < -0.39 is 15.9 Å². The molecule has 3 aliphatic rings. The van der Waals surface area contributed by atoms with Crippen molar-refractivity contribution in [1.29, 1.82) is 0 Å². The molecular formula is C26H28FN3O4S. The number of carbonyl (C=O) groups excluding carboxylic acids is 3. The van der Waals surface area contributed by atoms with Crippen molar-refractivity contribution in [1.82, 2.24) is 4.90 Å². The minimum atomic E-state index is -1.24. The van der Waals surface area contributed by atoms with E-state index in [0.717, 1.165) is 11.3 Å². The van der Waals surface area contributed by atoms with Gasteiger partial charge in [-0.2, -0.15) is 0 Å². The van der Waals surface area contributed by atoms with Crippen molar-refractivity contribution < 1.29 is 23.5 Å². The maximum atomic E-state index is 14.2. The number of ether oxygens (including phenoxy) is 1. The smallest absolute Gasteiger partial charge is 0.309 e. The minimum Gasteiger partial charge on any atom is -0.466 e. The van der Waals surface area contributed by atoms with Gasteiger partial charge in [0.05, 0.1) is 30.1 Å². The van der Waals surface area contributed by atoms with E-state index in [-0.39, 0.29) is 23.7 Å². The molecular weight excluding hydrogens is 469 g/mol. The molecule has 7 nitrogen and oxygen atoms in total. The van der Waals surface area contributed by atoms with Crippen molar-refractivity contribution in [2.75, 3.05) is 36.2 Å². The fourth-order valence-corrected chi connectivity index (χ4v) is 6.77. The third-order valence-electron chi connectivity index (χ3n) is 6.96. The molecule has 0 saturated carbocycles. The van der Waals surface area contributed by atoms with Crippen molar-refractivity contribution >= 4 is 40.9 Å². The number of carbonyl (C=O) groups is 3. The lowest BCUT2D eigenvalue weighted by molar-refractivity contribution is -0.149. The number of anilines is 2. The Labute approximate surface area is 208 Å². The number of piperidine rings is 1. The first kappa shape index (κ1) is 23.8. The van der Waals surface area contributed by atoms with Crippen LogP contribution in [0.3, 0.4) is 0 Å². The van der Waals surface area contributed by atoms with E-state index in [4.69, 9.17) is 4.74 Å². The van der Waals surface area contributed by atoms with Crippen LogP contribution in [0, 0.1) is 11.7 Å². The average Bonchev–Trinajstić information content (AvgIpc) is 3.26. The van der Waals surface area contributed by atoms with Gasteiger partial charge in [-0.3, -0.25) is 29.1 Å². The molecule has 0 aliphatic carbocycles. The molecule has 5 rings (SSSR count). The van der Waals surface area contributed by atoms with Gasteiger partial charge in [-0.1, -0.05) is 18.2 Å². The second kappa shape index (κ2) is 9.28. The van der Waals surface area contributed by atoms with Crippen molar-refractivity contribution in [3.05, 3.63) is 59.9 Å². The molecule has 9 heteroatoms. The van der Waals surface area contributed by atoms with Gasteiger partial charge in [0.1, 0.15) is 5.82 Å². The Bertz CT molecular complexity index is 1150. The quantitative estimate of drug-likeness (QED) is 0.587. The lowest BCUT2D eigenvalue weighted by Crippen LogP contribution is -2.52. The fraction of sp³-hybridized carbons (Fsp3) is 0.423. The monoisotopic (exact) mass is 497 g/mol. The fourth-order valence-electron chi connectivity index (χ4n) is 5.24.